The summed E-state index contributed by atoms with van der Waals surface area (Å²) in [6, 6.07) is 21.2. The number of nitriles is 1. The second-order valence-corrected chi connectivity index (χ2v) is 8.41. The molecule has 4 aromatic rings. The van der Waals surface area contributed by atoms with E-state index < -0.39 is 0 Å². The fourth-order valence-electron chi connectivity index (χ4n) is 3.49. The van der Waals surface area contributed by atoms with Gasteiger partial charge in [-0.2, -0.15) is 5.26 Å². The molecule has 1 N–H and O–H groups in total. The summed E-state index contributed by atoms with van der Waals surface area (Å²) in [4.78, 5) is 30.5. The molecule has 0 atom stereocenters. The van der Waals surface area contributed by atoms with Gasteiger partial charge in [0.15, 0.2) is 16.7 Å². The van der Waals surface area contributed by atoms with E-state index in [9.17, 15) is 9.59 Å². The summed E-state index contributed by atoms with van der Waals surface area (Å²) in [5, 5.41) is 12.8. The molecule has 0 saturated carbocycles. The number of amides is 1. The van der Waals surface area contributed by atoms with Crippen molar-refractivity contribution in [2.45, 2.75) is 11.7 Å². The van der Waals surface area contributed by atoms with Crippen LogP contribution in [0.15, 0.2) is 76.7 Å². The van der Waals surface area contributed by atoms with Crippen LogP contribution in [0.25, 0.3) is 16.6 Å². The molecule has 0 radical (unpaired) electrons. The summed E-state index contributed by atoms with van der Waals surface area (Å²) in [5.74, 6) is 1.05. The molecule has 1 amide bonds. The van der Waals surface area contributed by atoms with Crippen molar-refractivity contribution in [1.82, 2.24) is 14.9 Å². The number of thioether (sulfide) groups is 1. The lowest BCUT2D eigenvalue weighted by molar-refractivity contribution is -0.118. The number of rotatable bonds is 8. The standard InChI is InChI=1S/C26H22N4O4S/c1-33-22-12-9-18(13-23(22)34-2)15-28-24(31)16-35-26-29-21-6-4-3-5-20(21)25(32)30(26)19-10-7-17(14-27)8-11-19/h3-13H,15-16H2,1-2H3,(H,28,31). The molecule has 1 aromatic heterocycles. The summed E-state index contributed by atoms with van der Waals surface area (Å²) in [7, 11) is 3.12. The highest BCUT2D eigenvalue weighted by Crippen LogP contribution is 2.27. The first kappa shape index (κ1) is 23.9. The van der Waals surface area contributed by atoms with Gasteiger partial charge in [0.1, 0.15) is 0 Å². The zero-order chi connectivity index (χ0) is 24.8. The lowest BCUT2D eigenvalue weighted by atomic mass is 10.2. The molecule has 8 nitrogen and oxygen atoms in total. The Morgan fingerprint density at radius 3 is 2.51 bits per heavy atom. The fraction of sp³-hybridized carbons (Fsp3) is 0.154. The molecule has 0 fully saturated rings. The minimum Gasteiger partial charge on any atom is -0.493 e. The highest BCUT2D eigenvalue weighted by Gasteiger charge is 2.15. The number of benzene rings is 3. The Morgan fingerprint density at radius 1 is 1.06 bits per heavy atom. The number of nitrogens with one attached hydrogen (secondary N) is 1. The maximum absolute atomic E-state index is 13.3. The van der Waals surface area contributed by atoms with E-state index in [0.29, 0.717) is 45.4 Å². The third-order valence-electron chi connectivity index (χ3n) is 5.27. The molecule has 0 aliphatic rings. The second-order valence-electron chi connectivity index (χ2n) is 7.47. The molecule has 176 valence electrons. The van der Waals surface area contributed by atoms with E-state index in [-0.39, 0.29) is 17.2 Å². The molecule has 0 aliphatic carbocycles. The van der Waals surface area contributed by atoms with Crippen molar-refractivity contribution in [2.24, 2.45) is 0 Å². The van der Waals surface area contributed by atoms with Crippen LogP contribution in [0.1, 0.15) is 11.1 Å². The molecule has 4 rings (SSSR count). The highest BCUT2D eigenvalue weighted by molar-refractivity contribution is 7.99. The smallest absolute Gasteiger partial charge is 0.266 e. The number of ether oxygens (including phenoxy) is 2. The van der Waals surface area contributed by atoms with Crippen LogP contribution in [0.4, 0.5) is 0 Å². The topological polar surface area (TPSA) is 106 Å². The number of nitrogens with zero attached hydrogens (tertiary/aromatic N) is 3. The third-order valence-corrected chi connectivity index (χ3v) is 6.21. The molecule has 35 heavy (non-hydrogen) atoms. The van der Waals surface area contributed by atoms with Crippen molar-refractivity contribution in [3.05, 3.63) is 88.2 Å². The van der Waals surface area contributed by atoms with Gasteiger partial charge < -0.3 is 14.8 Å². The number of hydrogen-bond donors (Lipinski definition) is 1. The van der Waals surface area contributed by atoms with E-state index in [0.717, 1.165) is 5.56 Å². The van der Waals surface area contributed by atoms with Gasteiger partial charge in [0, 0.05) is 6.54 Å². The second kappa shape index (κ2) is 10.8. The lowest BCUT2D eigenvalue weighted by Gasteiger charge is -2.13. The van der Waals surface area contributed by atoms with Gasteiger partial charge in [-0.15, -0.1) is 0 Å². The summed E-state index contributed by atoms with van der Waals surface area (Å²) in [5.41, 5.74) is 2.23. The van der Waals surface area contributed by atoms with Gasteiger partial charge in [0.2, 0.25) is 5.91 Å². The minimum absolute atomic E-state index is 0.0638. The van der Waals surface area contributed by atoms with E-state index >= 15 is 0 Å². The quantitative estimate of drug-likeness (QED) is 0.299. The van der Waals surface area contributed by atoms with E-state index in [2.05, 4.69) is 16.4 Å². The van der Waals surface area contributed by atoms with Crippen molar-refractivity contribution in [3.63, 3.8) is 0 Å². The van der Waals surface area contributed by atoms with Crippen LogP contribution < -0.4 is 20.3 Å². The molecule has 0 saturated heterocycles. The Kier molecular flexibility index (Phi) is 7.33. The number of aromatic nitrogens is 2. The molecule has 0 spiro atoms. The zero-order valence-electron chi connectivity index (χ0n) is 19.1. The average molecular weight is 487 g/mol. The Bertz CT molecular complexity index is 1480. The van der Waals surface area contributed by atoms with Crippen LogP contribution >= 0.6 is 11.8 Å². The molecule has 1 heterocycles. The van der Waals surface area contributed by atoms with Crippen LogP contribution in [-0.4, -0.2) is 35.4 Å². The highest BCUT2D eigenvalue weighted by atomic mass is 32.2. The predicted molar refractivity (Wildman–Crippen MR) is 134 cm³/mol. The molecule has 0 aliphatic heterocycles. The van der Waals surface area contributed by atoms with Gasteiger partial charge in [0.25, 0.3) is 5.56 Å². The molecule has 0 bridgehead atoms. The van der Waals surface area contributed by atoms with Crippen molar-refractivity contribution in [3.8, 4) is 23.3 Å². The van der Waals surface area contributed by atoms with Crippen LogP contribution in [0, 0.1) is 11.3 Å². The summed E-state index contributed by atoms with van der Waals surface area (Å²) >= 11 is 1.17. The number of para-hydroxylation sites is 1. The average Bonchev–Trinajstić information content (AvgIpc) is 2.90. The van der Waals surface area contributed by atoms with Gasteiger partial charge in [0.05, 0.1) is 48.2 Å². The van der Waals surface area contributed by atoms with E-state index in [1.54, 1.807) is 68.8 Å². The molecular weight excluding hydrogens is 464 g/mol. The molecule has 0 unspecified atom stereocenters. The van der Waals surface area contributed by atoms with Gasteiger partial charge in [-0.25, -0.2) is 4.98 Å². The molecule has 9 heteroatoms. The first-order valence-corrected chi connectivity index (χ1v) is 11.7. The lowest BCUT2D eigenvalue weighted by Crippen LogP contribution is -2.26. The van der Waals surface area contributed by atoms with Gasteiger partial charge in [-0.1, -0.05) is 30.0 Å². The first-order chi connectivity index (χ1) is 17.0. The normalized spacial score (nSPS) is 10.5. The fourth-order valence-corrected chi connectivity index (χ4v) is 4.34. The number of carbonyl (C=O) groups is 1. The summed E-state index contributed by atoms with van der Waals surface area (Å²) in [6.07, 6.45) is 0. The van der Waals surface area contributed by atoms with E-state index in [4.69, 9.17) is 14.7 Å². The summed E-state index contributed by atoms with van der Waals surface area (Å²) in [6.45, 7) is 0.313. The Labute approximate surface area is 206 Å². The van der Waals surface area contributed by atoms with Gasteiger partial charge in [-0.3, -0.25) is 14.2 Å². The van der Waals surface area contributed by atoms with Crippen molar-refractivity contribution in [2.75, 3.05) is 20.0 Å². The van der Waals surface area contributed by atoms with Crippen molar-refractivity contribution < 1.29 is 14.3 Å². The van der Waals surface area contributed by atoms with Crippen LogP contribution in [-0.2, 0) is 11.3 Å². The third kappa shape index (κ3) is 5.28. The van der Waals surface area contributed by atoms with Gasteiger partial charge in [-0.05, 0) is 54.1 Å². The Morgan fingerprint density at radius 2 is 1.80 bits per heavy atom. The van der Waals surface area contributed by atoms with Crippen molar-refractivity contribution in [1.29, 1.82) is 5.26 Å². The van der Waals surface area contributed by atoms with Gasteiger partial charge >= 0.3 is 0 Å². The van der Waals surface area contributed by atoms with Crippen LogP contribution in [0.5, 0.6) is 11.5 Å². The number of hydrogen-bond acceptors (Lipinski definition) is 7. The largest absolute Gasteiger partial charge is 0.493 e. The summed E-state index contributed by atoms with van der Waals surface area (Å²) < 4.78 is 12.0. The first-order valence-electron chi connectivity index (χ1n) is 10.7. The minimum atomic E-state index is -0.242. The number of fused-ring (bicyclic) bond motifs is 1. The Hall–Kier alpha value is -4.29. The Balaban J connectivity index is 1.55. The number of methoxy groups -OCH3 is 2. The van der Waals surface area contributed by atoms with Crippen LogP contribution in [0.3, 0.4) is 0 Å². The van der Waals surface area contributed by atoms with Crippen molar-refractivity contribution >= 4 is 28.6 Å². The SMILES string of the molecule is COc1ccc(CNC(=O)CSc2nc3ccccc3c(=O)n2-c2ccc(C#N)cc2)cc1OC. The zero-order valence-corrected chi connectivity index (χ0v) is 20.0. The number of carbonyl (C=O) groups excluding carboxylic acids is 1. The molecule has 3 aromatic carbocycles. The maximum Gasteiger partial charge on any atom is 0.266 e. The predicted octanol–water partition coefficient (Wildman–Crippen LogP) is 3.68. The molecular formula is C26H22N4O4S. The van der Waals surface area contributed by atoms with E-state index in [1.807, 2.05) is 12.1 Å². The maximum atomic E-state index is 13.3. The van der Waals surface area contributed by atoms with Crippen LogP contribution in [0.2, 0.25) is 0 Å². The van der Waals surface area contributed by atoms with E-state index in [1.165, 1.54) is 16.3 Å². The monoisotopic (exact) mass is 486 g/mol.